The molecule has 0 aliphatic carbocycles. The Balaban J connectivity index is 4.86. The topological polar surface area (TPSA) is 20.2 Å². The van der Waals surface area contributed by atoms with Crippen molar-refractivity contribution < 1.29 is 18.3 Å². The molecule has 2 atom stereocenters. The smallest absolute Gasteiger partial charge is 0.383 e. The zero-order chi connectivity index (χ0) is 12.5. The van der Waals surface area contributed by atoms with Gasteiger partial charge in [0, 0.05) is 5.41 Å². The van der Waals surface area contributed by atoms with Crippen LogP contribution in [0.2, 0.25) is 0 Å². The number of aliphatic hydroxyl groups excluding tert-OH is 1. The number of hydrogen-bond acceptors (Lipinski definition) is 1. The van der Waals surface area contributed by atoms with Crippen LogP contribution in [-0.4, -0.2) is 17.4 Å². The van der Waals surface area contributed by atoms with Gasteiger partial charge in [-0.2, -0.15) is 13.2 Å². The fraction of sp³-hybridized carbons (Fsp3) is 1.00. The molecular weight excluding hydrogens is 205 g/mol. The summed E-state index contributed by atoms with van der Waals surface area (Å²) in [6.45, 7) is 8.81. The maximum atomic E-state index is 12.5. The average Bonchev–Trinajstić information content (AvgIpc) is 1.98. The minimum absolute atomic E-state index is 0.225. The lowest BCUT2D eigenvalue weighted by atomic mass is 9.70. The van der Waals surface area contributed by atoms with E-state index in [1.54, 1.807) is 6.92 Å². The fourth-order valence-electron chi connectivity index (χ4n) is 2.02. The van der Waals surface area contributed by atoms with Gasteiger partial charge in [-0.1, -0.05) is 34.6 Å². The van der Waals surface area contributed by atoms with Crippen LogP contribution in [0.15, 0.2) is 0 Å². The Kier molecular flexibility index (Phi) is 4.25. The minimum Gasteiger partial charge on any atom is -0.383 e. The summed E-state index contributed by atoms with van der Waals surface area (Å²) < 4.78 is 37.4. The fourth-order valence-corrected chi connectivity index (χ4v) is 2.02. The first-order valence-corrected chi connectivity index (χ1v) is 5.17. The molecule has 0 saturated carbocycles. The summed E-state index contributed by atoms with van der Waals surface area (Å²) in [6, 6.07) is 0. The van der Waals surface area contributed by atoms with Crippen LogP contribution >= 0.6 is 0 Å². The van der Waals surface area contributed by atoms with Gasteiger partial charge in [0.15, 0.2) is 6.10 Å². The van der Waals surface area contributed by atoms with E-state index in [4.69, 9.17) is 0 Å². The third-order valence-corrected chi connectivity index (χ3v) is 2.71. The Hall–Kier alpha value is -0.250. The van der Waals surface area contributed by atoms with Gasteiger partial charge >= 0.3 is 6.18 Å². The van der Waals surface area contributed by atoms with E-state index in [0.29, 0.717) is 12.8 Å². The molecule has 2 unspecified atom stereocenters. The van der Waals surface area contributed by atoms with Crippen molar-refractivity contribution in [1.82, 2.24) is 0 Å². The first-order chi connectivity index (χ1) is 6.42. The van der Waals surface area contributed by atoms with Gasteiger partial charge in [0.05, 0.1) is 0 Å². The van der Waals surface area contributed by atoms with E-state index in [-0.39, 0.29) is 5.41 Å². The summed E-state index contributed by atoms with van der Waals surface area (Å²) in [5.41, 5.74) is -1.33. The summed E-state index contributed by atoms with van der Waals surface area (Å²) in [5, 5.41) is 9.34. The second-order valence-electron chi connectivity index (χ2n) is 5.69. The molecule has 4 heteroatoms. The van der Waals surface area contributed by atoms with Gasteiger partial charge in [-0.05, 0) is 18.3 Å². The molecule has 0 spiro atoms. The van der Waals surface area contributed by atoms with Crippen molar-refractivity contribution in [3.05, 3.63) is 0 Å². The molecule has 0 aliphatic heterocycles. The molecule has 0 rings (SSSR count). The Bertz CT molecular complexity index is 205. The summed E-state index contributed by atoms with van der Waals surface area (Å²) in [4.78, 5) is 0. The Morgan fingerprint density at radius 3 is 1.67 bits per heavy atom. The Labute approximate surface area is 89.7 Å². The van der Waals surface area contributed by atoms with E-state index in [1.165, 1.54) is 6.92 Å². The van der Waals surface area contributed by atoms with Crippen molar-refractivity contribution in [3.63, 3.8) is 0 Å². The Morgan fingerprint density at radius 1 is 1.07 bits per heavy atom. The van der Waals surface area contributed by atoms with E-state index >= 15 is 0 Å². The second-order valence-corrected chi connectivity index (χ2v) is 5.69. The van der Waals surface area contributed by atoms with Crippen molar-refractivity contribution in [2.75, 3.05) is 0 Å². The first kappa shape index (κ1) is 14.8. The van der Waals surface area contributed by atoms with Crippen LogP contribution < -0.4 is 0 Å². The number of aliphatic hydroxyl groups is 1. The summed E-state index contributed by atoms with van der Waals surface area (Å²) in [6.07, 6.45) is -6.12. The molecular formula is C11H21F3O. The minimum atomic E-state index is -4.53. The third-order valence-electron chi connectivity index (χ3n) is 2.71. The van der Waals surface area contributed by atoms with Crippen LogP contribution in [0.25, 0.3) is 0 Å². The molecule has 0 amide bonds. The quantitative estimate of drug-likeness (QED) is 0.776. The summed E-state index contributed by atoms with van der Waals surface area (Å²) in [5.74, 6) is 0. The standard InChI is InChI=1S/C11H21F3O/c1-6-10(5,7-9(2,3)4)8(15)11(12,13)14/h8,15H,6-7H2,1-5H3. The largest absolute Gasteiger partial charge is 0.414 e. The lowest BCUT2D eigenvalue weighted by Gasteiger charge is -2.39. The first-order valence-electron chi connectivity index (χ1n) is 5.17. The molecule has 0 aromatic rings. The van der Waals surface area contributed by atoms with E-state index in [2.05, 4.69) is 0 Å². The van der Waals surface area contributed by atoms with Gasteiger partial charge in [-0.15, -0.1) is 0 Å². The zero-order valence-electron chi connectivity index (χ0n) is 10.1. The van der Waals surface area contributed by atoms with Gasteiger partial charge in [-0.3, -0.25) is 0 Å². The van der Waals surface area contributed by atoms with Crippen molar-refractivity contribution >= 4 is 0 Å². The van der Waals surface area contributed by atoms with Crippen LogP contribution in [0.1, 0.15) is 47.5 Å². The summed E-state index contributed by atoms with van der Waals surface area (Å²) in [7, 11) is 0. The van der Waals surface area contributed by atoms with Crippen LogP contribution in [0, 0.1) is 10.8 Å². The average molecular weight is 226 g/mol. The molecule has 0 saturated heterocycles. The molecule has 0 radical (unpaired) electrons. The molecule has 0 aromatic carbocycles. The highest BCUT2D eigenvalue weighted by Crippen LogP contribution is 2.44. The highest BCUT2D eigenvalue weighted by Gasteiger charge is 2.50. The van der Waals surface area contributed by atoms with Crippen molar-refractivity contribution in [3.8, 4) is 0 Å². The Morgan fingerprint density at radius 2 is 1.47 bits per heavy atom. The molecule has 1 N–H and O–H groups in total. The maximum absolute atomic E-state index is 12.5. The SMILES string of the molecule is CCC(C)(CC(C)(C)C)C(O)C(F)(F)F. The predicted molar refractivity (Wildman–Crippen MR) is 54.5 cm³/mol. The lowest BCUT2D eigenvalue weighted by molar-refractivity contribution is -0.241. The maximum Gasteiger partial charge on any atom is 0.414 e. The van der Waals surface area contributed by atoms with Crippen molar-refractivity contribution in [2.24, 2.45) is 10.8 Å². The number of alkyl halides is 3. The van der Waals surface area contributed by atoms with Gasteiger partial charge in [0.25, 0.3) is 0 Å². The highest BCUT2D eigenvalue weighted by atomic mass is 19.4. The third kappa shape index (κ3) is 4.41. The van der Waals surface area contributed by atoms with Crippen LogP contribution in [-0.2, 0) is 0 Å². The normalized spacial score (nSPS) is 19.8. The second kappa shape index (κ2) is 4.32. The predicted octanol–water partition coefficient (Wildman–Crippen LogP) is 3.76. The van der Waals surface area contributed by atoms with E-state index in [0.717, 1.165) is 0 Å². The van der Waals surface area contributed by atoms with Gasteiger partial charge in [-0.25, -0.2) is 0 Å². The van der Waals surface area contributed by atoms with Gasteiger partial charge in [0.2, 0.25) is 0 Å². The van der Waals surface area contributed by atoms with E-state index < -0.39 is 17.7 Å². The molecule has 0 fully saturated rings. The molecule has 0 aromatic heterocycles. The van der Waals surface area contributed by atoms with E-state index in [1.807, 2.05) is 20.8 Å². The summed E-state index contributed by atoms with van der Waals surface area (Å²) >= 11 is 0. The van der Waals surface area contributed by atoms with Gasteiger partial charge in [0.1, 0.15) is 0 Å². The van der Waals surface area contributed by atoms with Crippen LogP contribution in [0.4, 0.5) is 13.2 Å². The lowest BCUT2D eigenvalue weighted by Crippen LogP contribution is -2.45. The van der Waals surface area contributed by atoms with Crippen LogP contribution in [0.3, 0.4) is 0 Å². The van der Waals surface area contributed by atoms with Crippen molar-refractivity contribution in [1.29, 1.82) is 0 Å². The van der Waals surface area contributed by atoms with Crippen LogP contribution in [0.5, 0.6) is 0 Å². The molecule has 15 heavy (non-hydrogen) atoms. The van der Waals surface area contributed by atoms with E-state index in [9.17, 15) is 18.3 Å². The molecule has 1 nitrogen and oxygen atoms in total. The monoisotopic (exact) mass is 226 g/mol. The number of rotatable bonds is 3. The number of hydrogen-bond donors (Lipinski definition) is 1. The molecule has 0 bridgehead atoms. The molecule has 92 valence electrons. The van der Waals surface area contributed by atoms with Gasteiger partial charge < -0.3 is 5.11 Å². The zero-order valence-corrected chi connectivity index (χ0v) is 10.1. The highest BCUT2D eigenvalue weighted by molar-refractivity contribution is 4.89. The number of halogens is 3. The molecule has 0 aliphatic rings. The molecule has 0 heterocycles. The van der Waals surface area contributed by atoms with Crippen molar-refractivity contribution in [2.45, 2.75) is 59.7 Å².